The van der Waals surface area contributed by atoms with Crippen LogP contribution in [0.1, 0.15) is 20.3 Å². The lowest BCUT2D eigenvalue weighted by atomic mass is 10.1. The smallest absolute Gasteiger partial charge is 0.315 e. The molecule has 0 N–H and O–H groups in total. The molecule has 86 valence electrons. The number of esters is 1. The second kappa shape index (κ2) is 5.28. The van der Waals surface area contributed by atoms with Gasteiger partial charge in [0.2, 0.25) is 0 Å². The highest BCUT2D eigenvalue weighted by molar-refractivity contribution is 5.81. The van der Waals surface area contributed by atoms with Crippen LogP contribution in [-0.2, 0) is 19.3 Å². The maximum atomic E-state index is 11.7. The van der Waals surface area contributed by atoms with Crippen LogP contribution >= 0.6 is 0 Å². The van der Waals surface area contributed by atoms with Crippen molar-refractivity contribution in [3.8, 4) is 0 Å². The Labute approximate surface area is 90.1 Å². The van der Waals surface area contributed by atoms with Crippen LogP contribution in [0.15, 0.2) is 12.7 Å². The van der Waals surface area contributed by atoms with Gasteiger partial charge in [0.1, 0.15) is 5.41 Å². The van der Waals surface area contributed by atoms with Gasteiger partial charge in [-0.1, -0.05) is 6.08 Å². The van der Waals surface area contributed by atoms with Crippen LogP contribution in [0.4, 0.5) is 0 Å². The summed E-state index contributed by atoms with van der Waals surface area (Å²) in [5, 5.41) is 0. The Morgan fingerprint density at radius 3 is 2.67 bits per heavy atom. The molecule has 0 spiro atoms. The summed E-state index contributed by atoms with van der Waals surface area (Å²) < 4.78 is 5.01. The molecular weight excluding hydrogens is 196 g/mol. The van der Waals surface area contributed by atoms with Crippen molar-refractivity contribution in [2.24, 2.45) is 11.3 Å². The lowest BCUT2D eigenvalue weighted by Gasteiger charge is -2.14. The molecule has 4 nitrogen and oxygen atoms in total. The van der Waals surface area contributed by atoms with Crippen molar-refractivity contribution in [2.45, 2.75) is 20.3 Å². The first-order valence-electron chi connectivity index (χ1n) is 5.25. The molecule has 2 unspecified atom stereocenters. The molecule has 1 aliphatic carbocycles. The van der Waals surface area contributed by atoms with Crippen molar-refractivity contribution in [3.63, 3.8) is 0 Å². The van der Waals surface area contributed by atoms with Gasteiger partial charge in [0.15, 0.2) is 0 Å². The number of hydrogen-bond donors (Lipinski definition) is 0. The monoisotopic (exact) mass is 214 g/mol. The molecule has 1 aliphatic rings. The van der Waals surface area contributed by atoms with E-state index in [4.69, 9.17) is 14.5 Å². The number of ether oxygens (including phenoxy) is 1. The zero-order valence-corrected chi connectivity index (χ0v) is 9.32. The number of hydrogen-bond acceptors (Lipinski definition) is 4. The first-order valence-corrected chi connectivity index (χ1v) is 5.25. The highest BCUT2D eigenvalue weighted by Crippen LogP contribution is 2.54. The fourth-order valence-electron chi connectivity index (χ4n) is 1.61. The van der Waals surface area contributed by atoms with E-state index in [0.717, 1.165) is 6.42 Å². The van der Waals surface area contributed by atoms with Crippen molar-refractivity contribution in [2.75, 3.05) is 19.8 Å². The molecule has 0 radical (unpaired) electrons. The summed E-state index contributed by atoms with van der Waals surface area (Å²) in [4.78, 5) is 21.4. The van der Waals surface area contributed by atoms with E-state index in [2.05, 4.69) is 6.58 Å². The Kier molecular flexibility index (Phi) is 4.29. The van der Waals surface area contributed by atoms with E-state index in [-0.39, 0.29) is 18.5 Å². The van der Waals surface area contributed by atoms with Crippen LogP contribution in [0.25, 0.3) is 0 Å². The van der Waals surface area contributed by atoms with Crippen molar-refractivity contribution >= 4 is 5.97 Å². The Morgan fingerprint density at radius 2 is 2.20 bits per heavy atom. The molecule has 1 saturated carbocycles. The molecule has 4 heteroatoms. The largest absolute Gasteiger partial charge is 0.465 e. The summed E-state index contributed by atoms with van der Waals surface area (Å²) >= 11 is 0. The molecule has 0 amide bonds. The number of carbonyl (C=O) groups excluding carboxylic acids is 1. The maximum absolute atomic E-state index is 11.7. The molecule has 0 heterocycles. The fraction of sp³-hybridized carbons (Fsp3) is 0.727. The molecule has 0 bridgehead atoms. The average molecular weight is 214 g/mol. The fourth-order valence-corrected chi connectivity index (χ4v) is 1.61. The topological polar surface area (TPSA) is 44.8 Å². The Hall–Kier alpha value is -0.870. The highest BCUT2D eigenvalue weighted by atomic mass is 17.2. The van der Waals surface area contributed by atoms with E-state index >= 15 is 0 Å². The first-order chi connectivity index (χ1) is 7.21. The van der Waals surface area contributed by atoms with Gasteiger partial charge in [-0.2, -0.15) is 0 Å². The molecule has 0 aromatic rings. The van der Waals surface area contributed by atoms with Gasteiger partial charge in [0.25, 0.3) is 0 Å². The number of rotatable bonds is 7. The zero-order valence-electron chi connectivity index (χ0n) is 9.32. The quantitative estimate of drug-likeness (QED) is 0.213. The zero-order chi connectivity index (χ0) is 11.3. The van der Waals surface area contributed by atoms with Gasteiger partial charge in [-0.25, -0.2) is 9.78 Å². The minimum Gasteiger partial charge on any atom is -0.465 e. The minimum absolute atomic E-state index is 0.150. The van der Waals surface area contributed by atoms with E-state index in [9.17, 15) is 4.79 Å². The predicted molar refractivity (Wildman–Crippen MR) is 54.9 cm³/mol. The van der Waals surface area contributed by atoms with Crippen LogP contribution in [-0.4, -0.2) is 25.8 Å². The molecule has 0 saturated heterocycles. The van der Waals surface area contributed by atoms with Gasteiger partial charge in [-0.05, 0) is 26.2 Å². The van der Waals surface area contributed by atoms with Crippen molar-refractivity contribution in [1.29, 1.82) is 0 Å². The summed E-state index contributed by atoms with van der Waals surface area (Å²) in [5.41, 5.74) is -0.549. The molecule has 0 aliphatic heterocycles. The highest BCUT2D eigenvalue weighted by Gasteiger charge is 2.60. The van der Waals surface area contributed by atoms with Gasteiger partial charge >= 0.3 is 5.97 Å². The van der Waals surface area contributed by atoms with Crippen LogP contribution in [0.2, 0.25) is 0 Å². The van der Waals surface area contributed by atoms with Crippen molar-refractivity contribution < 1.29 is 19.3 Å². The van der Waals surface area contributed by atoms with Crippen LogP contribution in [0.5, 0.6) is 0 Å². The second-order valence-corrected chi connectivity index (χ2v) is 3.59. The van der Waals surface area contributed by atoms with Crippen molar-refractivity contribution in [1.82, 2.24) is 0 Å². The first kappa shape index (κ1) is 12.2. The number of carbonyl (C=O) groups is 1. The van der Waals surface area contributed by atoms with E-state index in [1.54, 1.807) is 13.0 Å². The van der Waals surface area contributed by atoms with Gasteiger partial charge < -0.3 is 4.74 Å². The third-order valence-corrected chi connectivity index (χ3v) is 2.62. The Balaban J connectivity index is 2.49. The molecule has 15 heavy (non-hydrogen) atoms. The number of allylic oxidation sites excluding steroid dienone is 1. The molecule has 2 atom stereocenters. The molecular formula is C11H18O4. The third kappa shape index (κ3) is 2.58. The lowest BCUT2D eigenvalue weighted by Crippen LogP contribution is -2.26. The normalized spacial score (nSPS) is 28.5. The second-order valence-electron chi connectivity index (χ2n) is 3.59. The van der Waals surface area contributed by atoms with Gasteiger partial charge in [0, 0.05) is 0 Å². The Morgan fingerprint density at radius 1 is 1.47 bits per heavy atom. The summed E-state index contributed by atoms with van der Waals surface area (Å²) in [6.45, 7) is 8.41. The standard InChI is InChI=1S/C11H18O4/c1-4-9-7-11(9,8-15-14-6-3)10(12)13-5-2/h4,9H,1,5-8H2,2-3H3. The van der Waals surface area contributed by atoms with Gasteiger partial charge in [-0.15, -0.1) is 6.58 Å². The summed E-state index contributed by atoms with van der Waals surface area (Å²) in [6, 6.07) is 0. The van der Waals surface area contributed by atoms with E-state index in [0.29, 0.717) is 13.2 Å². The van der Waals surface area contributed by atoms with Crippen molar-refractivity contribution in [3.05, 3.63) is 12.7 Å². The summed E-state index contributed by atoms with van der Waals surface area (Å²) in [5.74, 6) is -0.0633. The van der Waals surface area contributed by atoms with Crippen LogP contribution in [0, 0.1) is 11.3 Å². The van der Waals surface area contributed by atoms with Crippen LogP contribution in [0.3, 0.4) is 0 Å². The molecule has 1 rings (SSSR count). The summed E-state index contributed by atoms with van der Waals surface area (Å²) in [7, 11) is 0. The SMILES string of the molecule is C=CC1CC1(COOCC)C(=O)OCC. The average Bonchev–Trinajstić information content (AvgIpc) is 2.94. The summed E-state index contributed by atoms with van der Waals surface area (Å²) in [6.07, 6.45) is 2.51. The van der Waals surface area contributed by atoms with Gasteiger partial charge in [0.05, 0.1) is 19.8 Å². The third-order valence-electron chi connectivity index (χ3n) is 2.62. The minimum atomic E-state index is -0.549. The molecule has 0 aromatic heterocycles. The maximum Gasteiger partial charge on any atom is 0.315 e. The van der Waals surface area contributed by atoms with Crippen LogP contribution < -0.4 is 0 Å². The molecule has 1 fully saturated rings. The Bertz CT molecular complexity index is 239. The van der Waals surface area contributed by atoms with E-state index in [1.807, 2.05) is 6.92 Å². The van der Waals surface area contributed by atoms with E-state index in [1.165, 1.54) is 0 Å². The predicted octanol–water partition coefficient (Wildman–Crippen LogP) is 1.71. The van der Waals surface area contributed by atoms with Gasteiger partial charge in [-0.3, -0.25) is 4.79 Å². The van der Waals surface area contributed by atoms with E-state index < -0.39 is 5.41 Å². The molecule has 0 aromatic carbocycles. The lowest BCUT2D eigenvalue weighted by molar-refractivity contribution is -0.300.